The van der Waals surface area contributed by atoms with Gasteiger partial charge in [0.15, 0.2) is 0 Å². The molecule has 21 heavy (non-hydrogen) atoms. The van der Waals surface area contributed by atoms with Crippen molar-refractivity contribution in [3.05, 3.63) is 35.4 Å². The molecule has 1 aromatic carbocycles. The first-order chi connectivity index (χ1) is 10.1. The van der Waals surface area contributed by atoms with Crippen LogP contribution < -0.4 is 10.5 Å². The number of rotatable bonds is 3. The van der Waals surface area contributed by atoms with Gasteiger partial charge < -0.3 is 5.73 Å². The van der Waals surface area contributed by atoms with E-state index in [9.17, 15) is 8.42 Å². The van der Waals surface area contributed by atoms with E-state index in [-0.39, 0.29) is 12.1 Å². The zero-order valence-electron chi connectivity index (χ0n) is 12.2. The summed E-state index contributed by atoms with van der Waals surface area (Å²) in [5.74, 6) is 0. The average molecular weight is 309 g/mol. The summed E-state index contributed by atoms with van der Waals surface area (Å²) in [6.07, 6.45) is 4.82. The van der Waals surface area contributed by atoms with Crippen molar-refractivity contribution in [2.24, 2.45) is 5.73 Å². The number of hydrogen-bond donors (Lipinski definition) is 2. The molecule has 3 N–H and O–H groups in total. The third-order valence-corrected chi connectivity index (χ3v) is 6.05. The first-order valence-corrected chi connectivity index (χ1v) is 9.13. The smallest absolute Gasteiger partial charge is 0.280 e. The predicted octanol–water partition coefficient (Wildman–Crippen LogP) is 1.32. The van der Waals surface area contributed by atoms with Crippen molar-refractivity contribution in [2.75, 3.05) is 13.1 Å². The van der Waals surface area contributed by atoms with Crippen LogP contribution in [-0.4, -0.2) is 31.9 Å². The Labute approximate surface area is 126 Å². The summed E-state index contributed by atoms with van der Waals surface area (Å²) in [6, 6.07) is 7.40. The molecule has 2 atom stereocenters. The number of benzene rings is 1. The second-order valence-corrected chi connectivity index (χ2v) is 7.68. The van der Waals surface area contributed by atoms with Gasteiger partial charge in [-0.15, -0.1) is 0 Å². The molecule has 116 valence electrons. The molecule has 0 saturated carbocycles. The van der Waals surface area contributed by atoms with Crippen LogP contribution in [0.1, 0.15) is 42.9 Å². The first kappa shape index (κ1) is 15.0. The lowest BCUT2D eigenvalue weighted by atomic mass is 10.1. The van der Waals surface area contributed by atoms with Crippen molar-refractivity contribution < 1.29 is 8.42 Å². The number of fused-ring (bicyclic) bond motifs is 1. The van der Waals surface area contributed by atoms with Gasteiger partial charge in [0, 0.05) is 19.1 Å². The zero-order chi connectivity index (χ0) is 14.9. The second kappa shape index (κ2) is 6.04. The lowest BCUT2D eigenvalue weighted by Crippen LogP contribution is -2.46. The quantitative estimate of drug-likeness (QED) is 0.884. The van der Waals surface area contributed by atoms with Crippen LogP contribution in [0.25, 0.3) is 0 Å². The molecule has 1 aromatic rings. The third kappa shape index (κ3) is 3.13. The maximum Gasteiger partial charge on any atom is 0.280 e. The fraction of sp³-hybridized carbons (Fsp3) is 0.600. The Morgan fingerprint density at radius 3 is 2.48 bits per heavy atom. The van der Waals surface area contributed by atoms with E-state index in [0.717, 1.165) is 43.2 Å². The van der Waals surface area contributed by atoms with Crippen molar-refractivity contribution >= 4 is 10.2 Å². The van der Waals surface area contributed by atoms with Gasteiger partial charge in [-0.3, -0.25) is 0 Å². The molecule has 0 bridgehead atoms. The molecule has 0 spiro atoms. The minimum Gasteiger partial charge on any atom is -0.326 e. The van der Waals surface area contributed by atoms with Crippen LogP contribution in [-0.2, 0) is 16.6 Å². The molecular formula is C15H23N3O2S. The maximum atomic E-state index is 12.6. The Hall–Kier alpha value is -0.950. The van der Waals surface area contributed by atoms with E-state index in [2.05, 4.69) is 4.72 Å². The molecule has 2 aliphatic rings. The highest BCUT2D eigenvalue weighted by molar-refractivity contribution is 7.87. The highest BCUT2D eigenvalue weighted by atomic mass is 32.2. The van der Waals surface area contributed by atoms with E-state index in [0.29, 0.717) is 13.1 Å². The van der Waals surface area contributed by atoms with Crippen molar-refractivity contribution in [1.29, 1.82) is 0 Å². The van der Waals surface area contributed by atoms with Gasteiger partial charge in [-0.1, -0.05) is 37.1 Å². The third-order valence-electron chi connectivity index (χ3n) is 4.45. The van der Waals surface area contributed by atoms with Gasteiger partial charge in [-0.05, 0) is 30.4 Å². The Morgan fingerprint density at radius 2 is 1.76 bits per heavy atom. The topological polar surface area (TPSA) is 75.4 Å². The Bertz CT molecular complexity index is 595. The summed E-state index contributed by atoms with van der Waals surface area (Å²) in [4.78, 5) is 0. The van der Waals surface area contributed by atoms with E-state index >= 15 is 0 Å². The van der Waals surface area contributed by atoms with Crippen LogP contribution in [0.2, 0.25) is 0 Å². The molecule has 3 rings (SSSR count). The Morgan fingerprint density at radius 1 is 1.10 bits per heavy atom. The number of hydrogen-bond acceptors (Lipinski definition) is 3. The summed E-state index contributed by atoms with van der Waals surface area (Å²) in [7, 11) is -3.46. The Kier molecular flexibility index (Phi) is 4.31. The van der Waals surface area contributed by atoms with Gasteiger partial charge in [0.1, 0.15) is 0 Å². The molecule has 1 aliphatic heterocycles. The number of nitrogens with one attached hydrogen (secondary N) is 1. The molecule has 0 aromatic heterocycles. The fourth-order valence-corrected chi connectivity index (χ4v) is 4.80. The van der Waals surface area contributed by atoms with E-state index < -0.39 is 10.2 Å². The fourth-order valence-electron chi connectivity index (χ4n) is 3.29. The van der Waals surface area contributed by atoms with Gasteiger partial charge >= 0.3 is 0 Å². The van der Waals surface area contributed by atoms with Crippen LogP contribution in [0.5, 0.6) is 0 Å². The molecule has 6 heteroatoms. The van der Waals surface area contributed by atoms with Gasteiger partial charge in [0.05, 0.1) is 6.04 Å². The normalized spacial score (nSPS) is 27.3. The second-order valence-electron chi connectivity index (χ2n) is 5.98. The molecular weight excluding hydrogens is 286 g/mol. The molecule has 1 fully saturated rings. The van der Waals surface area contributed by atoms with Crippen molar-refractivity contribution in [1.82, 2.24) is 9.03 Å². The summed E-state index contributed by atoms with van der Waals surface area (Å²) < 4.78 is 29.6. The SMILES string of the molecule is NC1Cc2ccccc2C1NS(=O)(=O)N1CCCCCC1. The van der Waals surface area contributed by atoms with Gasteiger partial charge in [0.25, 0.3) is 10.2 Å². The maximum absolute atomic E-state index is 12.6. The van der Waals surface area contributed by atoms with Crippen LogP contribution >= 0.6 is 0 Å². The standard InChI is InChI=1S/C15H23N3O2S/c16-14-11-12-7-3-4-8-13(12)15(14)17-21(19,20)18-9-5-1-2-6-10-18/h3-4,7-8,14-15,17H,1-2,5-6,9-11,16H2. The molecule has 2 unspecified atom stereocenters. The lowest BCUT2D eigenvalue weighted by molar-refractivity contribution is 0.402. The van der Waals surface area contributed by atoms with Gasteiger partial charge in [-0.2, -0.15) is 17.4 Å². The van der Waals surface area contributed by atoms with E-state index in [4.69, 9.17) is 5.73 Å². The highest BCUT2D eigenvalue weighted by Gasteiger charge is 2.34. The largest absolute Gasteiger partial charge is 0.326 e. The average Bonchev–Trinajstić information content (AvgIpc) is 2.67. The molecule has 1 heterocycles. The van der Waals surface area contributed by atoms with E-state index in [1.165, 1.54) is 0 Å². The first-order valence-electron chi connectivity index (χ1n) is 7.69. The van der Waals surface area contributed by atoms with Crippen LogP contribution in [0.15, 0.2) is 24.3 Å². The summed E-state index contributed by atoms with van der Waals surface area (Å²) >= 11 is 0. The molecule has 0 amide bonds. The van der Waals surface area contributed by atoms with Crippen molar-refractivity contribution in [3.8, 4) is 0 Å². The number of nitrogens with zero attached hydrogens (tertiary/aromatic N) is 1. The minimum absolute atomic E-state index is 0.191. The number of nitrogens with two attached hydrogens (primary N) is 1. The monoisotopic (exact) mass is 309 g/mol. The summed E-state index contributed by atoms with van der Waals surface area (Å²) in [6.45, 7) is 1.22. The van der Waals surface area contributed by atoms with Gasteiger partial charge in [0.2, 0.25) is 0 Å². The molecule has 5 nitrogen and oxygen atoms in total. The molecule has 1 saturated heterocycles. The molecule has 0 radical (unpaired) electrons. The molecule has 1 aliphatic carbocycles. The van der Waals surface area contributed by atoms with E-state index in [1.807, 2.05) is 24.3 Å². The van der Waals surface area contributed by atoms with E-state index in [1.54, 1.807) is 4.31 Å². The predicted molar refractivity (Wildman–Crippen MR) is 83.0 cm³/mol. The van der Waals surface area contributed by atoms with Crippen LogP contribution in [0.3, 0.4) is 0 Å². The van der Waals surface area contributed by atoms with Crippen LogP contribution in [0, 0.1) is 0 Å². The van der Waals surface area contributed by atoms with Crippen molar-refractivity contribution in [3.63, 3.8) is 0 Å². The van der Waals surface area contributed by atoms with Gasteiger partial charge in [-0.25, -0.2) is 0 Å². The lowest BCUT2D eigenvalue weighted by Gasteiger charge is -2.25. The van der Waals surface area contributed by atoms with Crippen molar-refractivity contribution in [2.45, 2.75) is 44.2 Å². The minimum atomic E-state index is -3.46. The summed E-state index contributed by atoms with van der Waals surface area (Å²) in [5, 5.41) is 0. The Balaban J connectivity index is 1.79. The van der Waals surface area contributed by atoms with Crippen LogP contribution in [0.4, 0.5) is 0 Å². The zero-order valence-corrected chi connectivity index (χ0v) is 13.0. The summed E-state index contributed by atoms with van der Waals surface area (Å²) in [5.41, 5.74) is 8.32. The highest BCUT2D eigenvalue weighted by Crippen LogP contribution is 2.31.